The van der Waals surface area contributed by atoms with Gasteiger partial charge in [-0.15, -0.1) is 12.3 Å². The van der Waals surface area contributed by atoms with Crippen molar-refractivity contribution in [1.29, 1.82) is 0 Å². The molecule has 0 N–H and O–H groups in total. The lowest BCUT2D eigenvalue weighted by molar-refractivity contribution is 0.305. The van der Waals surface area contributed by atoms with Crippen LogP contribution in [0.4, 0.5) is 0 Å². The van der Waals surface area contributed by atoms with Crippen LogP contribution in [0.1, 0.15) is 24.8 Å². The molecule has 0 aliphatic rings. The van der Waals surface area contributed by atoms with Crippen LogP contribution < -0.4 is 4.74 Å². The number of hydrogen-bond acceptors (Lipinski definition) is 1. The van der Waals surface area contributed by atoms with Crippen LogP contribution in [0.2, 0.25) is 5.02 Å². The van der Waals surface area contributed by atoms with E-state index in [1.165, 1.54) is 0 Å². The van der Waals surface area contributed by atoms with Gasteiger partial charge in [0.1, 0.15) is 5.75 Å². The zero-order chi connectivity index (χ0) is 11.1. The molecule has 2 heteroatoms. The van der Waals surface area contributed by atoms with Gasteiger partial charge in [0.05, 0.1) is 6.61 Å². The fourth-order valence-electron chi connectivity index (χ4n) is 1.29. The van der Waals surface area contributed by atoms with Gasteiger partial charge < -0.3 is 4.74 Å². The summed E-state index contributed by atoms with van der Waals surface area (Å²) in [6.07, 6.45) is 7.99. The van der Waals surface area contributed by atoms with Crippen molar-refractivity contribution < 1.29 is 4.74 Å². The summed E-state index contributed by atoms with van der Waals surface area (Å²) in [5.74, 6) is 3.52. The number of aryl methyl sites for hydroxylation is 1. The van der Waals surface area contributed by atoms with Crippen molar-refractivity contribution >= 4 is 11.6 Å². The number of terminal acetylenes is 1. The highest BCUT2D eigenvalue weighted by molar-refractivity contribution is 6.30. The van der Waals surface area contributed by atoms with Gasteiger partial charge in [0, 0.05) is 11.4 Å². The number of halogens is 1. The van der Waals surface area contributed by atoms with E-state index in [1.807, 2.05) is 25.1 Å². The van der Waals surface area contributed by atoms with E-state index in [4.69, 9.17) is 22.8 Å². The van der Waals surface area contributed by atoms with E-state index in [-0.39, 0.29) is 0 Å². The van der Waals surface area contributed by atoms with Gasteiger partial charge in [-0.3, -0.25) is 0 Å². The lowest BCUT2D eigenvalue weighted by atomic mass is 10.2. The first kappa shape index (κ1) is 11.9. The van der Waals surface area contributed by atoms with Gasteiger partial charge in [-0.1, -0.05) is 11.6 Å². The smallest absolute Gasteiger partial charge is 0.122 e. The van der Waals surface area contributed by atoms with Gasteiger partial charge >= 0.3 is 0 Å². The molecule has 1 nitrogen and oxygen atoms in total. The van der Waals surface area contributed by atoms with E-state index in [0.717, 1.165) is 35.6 Å². The molecule has 0 spiro atoms. The predicted octanol–water partition coefficient (Wildman–Crippen LogP) is 3.83. The van der Waals surface area contributed by atoms with E-state index >= 15 is 0 Å². The first-order valence-electron chi connectivity index (χ1n) is 5.06. The summed E-state index contributed by atoms with van der Waals surface area (Å²) in [6, 6.07) is 5.64. The second-order valence-electron chi connectivity index (χ2n) is 3.42. The molecule has 0 bridgehead atoms. The first-order chi connectivity index (χ1) is 7.24. The Bertz CT molecular complexity index is 352. The van der Waals surface area contributed by atoms with E-state index in [9.17, 15) is 0 Å². The molecular formula is C13H15ClO. The summed E-state index contributed by atoms with van der Waals surface area (Å²) >= 11 is 5.84. The van der Waals surface area contributed by atoms with Crippen LogP contribution >= 0.6 is 11.6 Å². The molecule has 1 aromatic rings. The molecule has 0 heterocycles. The van der Waals surface area contributed by atoms with Crippen LogP contribution in [-0.4, -0.2) is 6.61 Å². The summed E-state index contributed by atoms with van der Waals surface area (Å²) in [7, 11) is 0. The van der Waals surface area contributed by atoms with Crippen LogP contribution in [-0.2, 0) is 0 Å². The molecular weight excluding hydrogens is 208 g/mol. The van der Waals surface area contributed by atoms with E-state index < -0.39 is 0 Å². The molecule has 0 fully saturated rings. The molecule has 1 aromatic carbocycles. The zero-order valence-corrected chi connectivity index (χ0v) is 9.68. The summed E-state index contributed by atoms with van der Waals surface area (Å²) in [4.78, 5) is 0. The van der Waals surface area contributed by atoms with Crippen molar-refractivity contribution in [3.05, 3.63) is 28.8 Å². The van der Waals surface area contributed by atoms with E-state index in [1.54, 1.807) is 0 Å². The average Bonchev–Trinajstić information content (AvgIpc) is 2.20. The van der Waals surface area contributed by atoms with Crippen molar-refractivity contribution in [2.45, 2.75) is 26.2 Å². The standard InChI is InChI=1S/C13H15ClO/c1-3-4-5-6-9-15-13-8-7-12(14)10-11(13)2/h1,7-8,10H,4-6,9H2,2H3. The Morgan fingerprint density at radius 2 is 2.20 bits per heavy atom. The molecule has 0 atom stereocenters. The number of benzene rings is 1. The van der Waals surface area contributed by atoms with Gasteiger partial charge in [0.15, 0.2) is 0 Å². The monoisotopic (exact) mass is 222 g/mol. The Kier molecular flexibility index (Phi) is 5.07. The molecule has 0 unspecified atom stereocenters. The second-order valence-corrected chi connectivity index (χ2v) is 3.86. The molecule has 80 valence electrons. The van der Waals surface area contributed by atoms with Crippen LogP contribution in [0, 0.1) is 19.3 Å². The number of unbranched alkanes of at least 4 members (excludes halogenated alkanes) is 2. The van der Waals surface area contributed by atoms with Gasteiger partial charge in [-0.2, -0.15) is 0 Å². The lowest BCUT2D eigenvalue weighted by Gasteiger charge is -2.08. The Balaban J connectivity index is 2.35. The summed E-state index contributed by atoms with van der Waals surface area (Å²) in [5.41, 5.74) is 1.07. The Morgan fingerprint density at radius 1 is 1.40 bits per heavy atom. The van der Waals surface area contributed by atoms with E-state index in [2.05, 4.69) is 5.92 Å². The average molecular weight is 223 g/mol. The van der Waals surface area contributed by atoms with Gasteiger partial charge in [0.2, 0.25) is 0 Å². The minimum atomic E-state index is 0.712. The fourth-order valence-corrected chi connectivity index (χ4v) is 1.51. The molecule has 0 radical (unpaired) electrons. The first-order valence-corrected chi connectivity index (χ1v) is 5.44. The molecule has 1 rings (SSSR count). The number of ether oxygens (including phenoxy) is 1. The number of rotatable bonds is 5. The normalized spacial score (nSPS) is 9.67. The minimum absolute atomic E-state index is 0.712. The number of hydrogen-bond donors (Lipinski definition) is 0. The van der Waals surface area contributed by atoms with Crippen LogP contribution in [0.3, 0.4) is 0 Å². The van der Waals surface area contributed by atoms with Crippen LogP contribution in [0.15, 0.2) is 18.2 Å². The molecule has 0 saturated carbocycles. The largest absolute Gasteiger partial charge is 0.493 e. The summed E-state index contributed by atoms with van der Waals surface area (Å²) in [6.45, 7) is 2.70. The third-order valence-corrected chi connectivity index (χ3v) is 2.35. The highest BCUT2D eigenvalue weighted by atomic mass is 35.5. The zero-order valence-electron chi connectivity index (χ0n) is 8.92. The van der Waals surface area contributed by atoms with Crippen LogP contribution in [0.5, 0.6) is 5.75 Å². The van der Waals surface area contributed by atoms with Crippen molar-refractivity contribution in [2.24, 2.45) is 0 Å². The molecule has 0 saturated heterocycles. The van der Waals surface area contributed by atoms with Gasteiger partial charge in [-0.05, 0) is 43.5 Å². The summed E-state index contributed by atoms with van der Waals surface area (Å²) < 4.78 is 5.61. The van der Waals surface area contributed by atoms with E-state index in [0.29, 0.717) is 6.61 Å². The SMILES string of the molecule is C#CCCCCOc1ccc(Cl)cc1C. The molecule has 0 amide bonds. The van der Waals surface area contributed by atoms with Crippen LogP contribution in [0.25, 0.3) is 0 Å². The minimum Gasteiger partial charge on any atom is -0.493 e. The molecule has 0 aliphatic carbocycles. The maximum Gasteiger partial charge on any atom is 0.122 e. The molecule has 15 heavy (non-hydrogen) atoms. The summed E-state index contributed by atoms with van der Waals surface area (Å²) in [5, 5.41) is 0.743. The van der Waals surface area contributed by atoms with Crippen molar-refractivity contribution in [3.63, 3.8) is 0 Å². The topological polar surface area (TPSA) is 9.23 Å². The van der Waals surface area contributed by atoms with Gasteiger partial charge in [0.25, 0.3) is 0 Å². The van der Waals surface area contributed by atoms with Crippen molar-refractivity contribution in [1.82, 2.24) is 0 Å². The van der Waals surface area contributed by atoms with Crippen molar-refractivity contribution in [2.75, 3.05) is 6.61 Å². The van der Waals surface area contributed by atoms with Crippen molar-refractivity contribution in [3.8, 4) is 18.1 Å². The fraction of sp³-hybridized carbons (Fsp3) is 0.385. The second kappa shape index (κ2) is 6.37. The Morgan fingerprint density at radius 3 is 2.87 bits per heavy atom. The molecule has 0 aliphatic heterocycles. The Hall–Kier alpha value is -1.13. The maximum absolute atomic E-state index is 5.84. The third-order valence-electron chi connectivity index (χ3n) is 2.11. The Labute approximate surface area is 96.4 Å². The highest BCUT2D eigenvalue weighted by Gasteiger charge is 1.99. The third kappa shape index (κ3) is 4.27. The maximum atomic E-state index is 5.84. The predicted molar refractivity (Wildman–Crippen MR) is 64.4 cm³/mol. The lowest BCUT2D eigenvalue weighted by Crippen LogP contribution is -1.98. The quantitative estimate of drug-likeness (QED) is 0.544. The molecule has 0 aromatic heterocycles. The highest BCUT2D eigenvalue weighted by Crippen LogP contribution is 2.21. The van der Waals surface area contributed by atoms with Gasteiger partial charge in [-0.25, -0.2) is 0 Å².